The molecule has 1 saturated heterocycles. The Kier molecular flexibility index (Phi) is 6.23. The van der Waals surface area contributed by atoms with Crippen LogP contribution in [0.25, 0.3) is 0 Å². The summed E-state index contributed by atoms with van der Waals surface area (Å²) in [5.41, 5.74) is -1.55. The fourth-order valence-corrected chi connectivity index (χ4v) is 9.05. The van der Waals surface area contributed by atoms with E-state index in [-0.39, 0.29) is 35.4 Å². The molecule has 6 nitrogen and oxygen atoms in total. The summed E-state index contributed by atoms with van der Waals surface area (Å²) in [7, 11) is 1.80. The van der Waals surface area contributed by atoms with Crippen LogP contribution in [0.2, 0.25) is 0 Å². The summed E-state index contributed by atoms with van der Waals surface area (Å²) in [6, 6.07) is 0. The van der Waals surface area contributed by atoms with Crippen LogP contribution in [0.15, 0.2) is 23.8 Å². The fraction of sp³-hybridized carbons (Fsp3) is 0.793. The number of carbonyl (C=O) groups is 2. The summed E-state index contributed by atoms with van der Waals surface area (Å²) in [5.74, 6) is 0.677. The van der Waals surface area contributed by atoms with Gasteiger partial charge < -0.3 is 19.9 Å². The first-order valence-electron chi connectivity index (χ1n) is 13.7. The molecule has 1 heterocycles. The highest BCUT2D eigenvalue weighted by Crippen LogP contribution is 2.69. The van der Waals surface area contributed by atoms with Crippen LogP contribution in [0.5, 0.6) is 0 Å². The van der Waals surface area contributed by atoms with E-state index in [0.717, 1.165) is 50.5 Å². The van der Waals surface area contributed by atoms with Gasteiger partial charge in [-0.25, -0.2) is 0 Å². The molecule has 0 aromatic heterocycles. The van der Waals surface area contributed by atoms with E-state index in [1.807, 2.05) is 12.2 Å². The Hall–Kier alpha value is -1.34. The maximum atomic E-state index is 14.0. The number of allylic oxidation sites excluding steroid dienone is 4. The predicted molar refractivity (Wildman–Crippen MR) is 134 cm³/mol. The van der Waals surface area contributed by atoms with Crippen LogP contribution in [0.3, 0.4) is 0 Å². The van der Waals surface area contributed by atoms with E-state index in [4.69, 9.17) is 9.47 Å². The fourth-order valence-electron chi connectivity index (χ4n) is 9.05. The summed E-state index contributed by atoms with van der Waals surface area (Å²) >= 11 is 0. The molecule has 4 fully saturated rings. The second kappa shape index (κ2) is 8.61. The minimum atomic E-state index is -1.09. The van der Waals surface area contributed by atoms with Crippen molar-refractivity contribution >= 4 is 11.6 Å². The van der Waals surface area contributed by atoms with Gasteiger partial charge in [-0.05, 0) is 88.8 Å². The standard InChI is InChI=1S/C29H43NO5/c1-6-7-25-34-28(4)15-22-18-8-10-19-14-20(31)12-13-26(19,2)21(11-9-18)23(32)16-27(22,3)29(28,35-25)24(33)17-30-5/h12-14,18,21-23,25,30,32H,6-11,15-17H2,1-5H3/t18-,21?,22?,23-,25?,26-,27-,28+,29-/m0/s1. The van der Waals surface area contributed by atoms with Crippen molar-refractivity contribution in [2.75, 3.05) is 13.6 Å². The van der Waals surface area contributed by atoms with Crippen LogP contribution >= 0.6 is 0 Å². The second-order valence-corrected chi connectivity index (χ2v) is 12.5. The number of nitrogens with one attached hydrogen (secondary N) is 1. The molecule has 0 aromatic carbocycles. The molecule has 5 aliphatic rings. The molecule has 5 rings (SSSR count). The first kappa shape index (κ1) is 25.3. The molecule has 0 aromatic rings. The average molecular weight is 486 g/mol. The van der Waals surface area contributed by atoms with E-state index >= 15 is 0 Å². The zero-order valence-electron chi connectivity index (χ0n) is 22.1. The molecule has 194 valence electrons. The monoisotopic (exact) mass is 485 g/mol. The third kappa shape index (κ3) is 3.43. The van der Waals surface area contributed by atoms with Gasteiger partial charge in [0.15, 0.2) is 23.5 Å². The molecule has 35 heavy (non-hydrogen) atoms. The second-order valence-electron chi connectivity index (χ2n) is 12.5. The zero-order valence-corrected chi connectivity index (χ0v) is 22.1. The quantitative estimate of drug-likeness (QED) is 0.610. The summed E-state index contributed by atoms with van der Waals surface area (Å²) in [6.07, 6.45) is 11.2. The van der Waals surface area contributed by atoms with E-state index in [9.17, 15) is 14.7 Å². The Morgan fingerprint density at radius 1 is 1.14 bits per heavy atom. The number of ketones is 2. The first-order valence-corrected chi connectivity index (χ1v) is 13.7. The highest BCUT2D eigenvalue weighted by molar-refractivity contribution is 6.01. The molecule has 6 heteroatoms. The lowest BCUT2D eigenvalue weighted by Crippen LogP contribution is -2.64. The molecule has 9 atom stereocenters. The average Bonchev–Trinajstić information content (AvgIpc) is 3.17. The molecule has 0 amide bonds. The zero-order chi connectivity index (χ0) is 25.2. The van der Waals surface area contributed by atoms with Crippen molar-refractivity contribution in [3.8, 4) is 0 Å². The maximum Gasteiger partial charge on any atom is 0.181 e. The molecule has 2 bridgehead atoms. The number of hydrogen-bond donors (Lipinski definition) is 2. The molecule has 2 N–H and O–H groups in total. The first-order chi connectivity index (χ1) is 16.5. The normalized spacial score (nSPS) is 48.8. The van der Waals surface area contributed by atoms with E-state index in [0.29, 0.717) is 12.3 Å². The maximum absolute atomic E-state index is 14.0. The van der Waals surface area contributed by atoms with Gasteiger partial charge >= 0.3 is 0 Å². The number of likely N-dealkylation sites (N-methyl/N-ethyl adjacent to an activating group) is 1. The lowest BCUT2D eigenvalue weighted by atomic mass is 9.53. The molecular weight excluding hydrogens is 442 g/mol. The summed E-state index contributed by atoms with van der Waals surface area (Å²) in [4.78, 5) is 26.3. The summed E-state index contributed by atoms with van der Waals surface area (Å²) in [6.45, 7) is 8.80. The highest BCUT2D eigenvalue weighted by atomic mass is 16.8. The molecule has 4 aliphatic carbocycles. The number of aliphatic hydroxyl groups is 1. The van der Waals surface area contributed by atoms with Crippen LogP contribution in [-0.2, 0) is 19.1 Å². The van der Waals surface area contributed by atoms with E-state index in [1.54, 1.807) is 13.1 Å². The Morgan fingerprint density at radius 2 is 1.91 bits per heavy atom. The van der Waals surface area contributed by atoms with E-state index < -0.39 is 29.0 Å². The SMILES string of the molecule is CCCC1O[C@]2(C(=O)CNC)[C@@](C)(CC3[C@H]4CCC5=CC(=O)C=C[C@]5(C)C(CC4)[C@@H](O)C[C@@]32C)O1. The minimum Gasteiger partial charge on any atom is -0.393 e. The van der Waals surface area contributed by atoms with Crippen molar-refractivity contribution in [2.45, 2.75) is 103 Å². The third-order valence-electron chi connectivity index (χ3n) is 10.6. The van der Waals surface area contributed by atoms with Crippen molar-refractivity contribution in [2.24, 2.45) is 28.6 Å². The Bertz CT molecular complexity index is 959. The van der Waals surface area contributed by atoms with Crippen molar-refractivity contribution in [3.63, 3.8) is 0 Å². The number of fused-ring (bicyclic) bond motifs is 9. The minimum absolute atomic E-state index is 0.00394. The highest BCUT2D eigenvalue weighted by Gasteiger charge is 2.78. The lowest BCUT2D eigenvalue weighted by Gasteiger charge is -2.53. The van der Waals surface area contributed by atoms with Gasteiger partial charge in [0.05, 0.1) is 12.6 Å². The molecule has 3 saturated carbocycles. The van der Waals surface area contributed by atoms with Gasteiger partial charge in [-0.2, -0.15) is 0 Å². The number of Topliss-reactive ketones (excluding diaryl/α,β-unsaturated/α-hetero) is 1. The van der Waals surface area contributed by atoms with E-state index in [1.165, 1.54) is 0 Å². The number of carbonyl (C=O) groups excluding carboxylic acids is 2. The topological polar surface area (TPSA) is 84.9 Å². The Balaban J connectivity index is 1.63. The number of rotatable bonds is 5. The van der Waals surface area contributed by atoms with Gasteiger partial charge in [0.2, 0.25) is 0 Å². The number of hydrogen-bond acceptors (Lipinski definition) is 6. The van der Waals surface area contributed by atoms with Crippen LogP contribution in [0.4, 0.5) is 0 Å². The van der Waals surface area contributed by atoms with Crippen LogP contribution in [0, 0.1) is 28.6 Å². The van der Waals surface area contributed by atoms with Crippen LogP contribution in [-0.4, -0.2) is 53.9 Å². The van der Waals surface area contributed by atoms with E-state index in [2.05, 4.69) is 33.0 Å². The van der Waals surface area contributed by atoms with Crippen LogP contribution < -0.4 is 5.32 Å². The van der Waals surface area contributed by atoms with Gasteiger partial charge in [0, 0.05) is 10.8 Å². The van der Waals surface area contributed by atoms with Gasteiger partial charge in [-0.15, -0.1) is 0 Å². The Morgan fingerprint density at radius 3 is 2.63 bits per heavy atom. The largest absolute Gasteiger partial charge is 0.393 e. The lowest BCUT2D eigenvalue weighted by molar-refractivity contribution is -0.182. The van der Waals surface area contributed by atoms with Gasteiger partial charge in [0.25, 0.3) is 0 Å². The number of aliphatic hydroxyl groups excluding tert-OH is 1. The third-order valence-corrected chi connectivity index (χ3v) is 10.6. The van der Waals surface area contributed by atoms with Gasteiger partial charge in [0.1, 0.15) is 5.60 Å². The predicted octanol–water partition coefficient (Wildman–Crippen LogP) is 4.11. The Labute approximate surface area is 209 Å². The molecule has 0 radical (unpaired) electrons. The number of ether oxygens (including phenoxy) is 2. The smallest absolute Gasteiger partial charge is 0.181 e. The van der Waals surface area contributed by atoms with Crippen LogP contribution in [0.1, 0.15) is 79.1 Å². The summed E-state index contributed by atoms with van der Waals surface area (Å²) in [5, 5.41) is 15.0. The van der Waals surface area contributed by atoms with Crippen molar-refractivity contribution < 1.29 is 24.2 Å². The molecular formula is C29H43NO5. The van der Waals surface area contributed by atoms with Gasteiger partial charge in [-0.3, -0.25) is 9.59 Å². The molecule has 1 aliphatic heterocycles. The summed E-state index contributed by atoms with van der Waals surface area (Å²) < 4.78 is 13.4. The van der Waals surface area contributed by atoms with Crippen molar-refractivity contribution in [1.82, 2.24) is 5.32 Å². The molecule has 3 unspecified atom stereocenters. The molecule has 0 spiro atoms. The van der Waals surface area contributed by atoms with Crippen molar-refractivity contribution in [3.05, 3.63) is 23.8 Å². The van der Waals surface area contributed by atoms with Crippen molar-refractivity contribution in [1.29, 1.82) is 0 Å². The van der Waals surface area contributed by atoms with Gasteiger partial charge in [-0.1, -0.05) is 38.8 Å².